The number of carboxylic acid groups (broad SMARTS) is 1. The molecule has 7 heteroatoms. The summed E-state index contributed by atoms with van der Waals surface area (Å²) >= 11 is 13.2. The van der Waals surface area contributed by atoms with E-state index in [1.165, 1.54) is 0 Å². The van der Waals surface area contributed by atoms with Crippen molar-refractivity contribution in [2.75, 3.05) is 0 Å². The number of rotatable bonds is 6. The number of carboxylic acids is 1. The number of halogens is 2. The maximum absolute atomic E-state index is 12.1. The third-order valence-corrected chi connectivity index (χ3v) is 6.99. The predicted molar refractivity (Wildman–Crippen MR) is 119 cm³/mol. The number of ketones is 1. The van der Waals surface area contributed by atoms with Crippen molar-refractivity contribution in [2.45, 2.75) is 45.6 Å². The number of carbonyl (C=O) groups excluding carboxylic acids is 1. The minimum Gasteiger partial charge on any atom is -1.00 e. The topological polar surface area (TPSA) is 63.6 Å². The quantitative estimate of drug-likeness (QED) is 0.659. The van der Waals surface area contributed by atoms with E-state index in [0.717, 1.165) is 42.4 Å². The summed E-state index contributed by atoms with van der Waals surface area (Å²) in [5.74, 6) is -0.449. The second kappa shape index (κ2) is 9.68. The molecule has 0 heterocycles. The van der Waals surface area contributed by atoms with E-state index in [9.17, 15) is 14.7 Å². The van der Waals surface area contributed by atoms with E-state index in [2.05, 4.69) is 6.92 Å². The van der Waals surface area contributed by atoms with Crippen molar-refractivity contribution in [3.8, 4) is 5.75 Å². The maximum Gasteiger partial charge on any atom is 1.00 e. The van der Waals surface area contributed by atoms with Gasteiger partial charge in [-0.1, -0.05) is 54.7 Å². The van der Waals surface area contributed by atoms with Gasteiger partial charge in [0.25, 0.3) is 0 Å². The van der Waals surface area contributed by atoms with Crippen LogP contribution in [0.3, 0.4) is 0 Å². The van der Waals surface area contributed by atoms with Crippen molar-refractivity contribution in [2.24, 2.45) is 5.41 Å². The Bertz CT molecular complexity index is 1090. The van der Waals surface area contributed by atoms with Crippen molar-refractivity contribution in [3.05, 3.63) is 68.7 Å². The Morgan fingerprint density at radius 3 is 2.71 bits per heavy atom. The molecule has 31 heavy (non-hydrogen) atoms. The van der Waals surface area contributed by atoms with Gasteiger partial charge in [0, 0.05) is 23.0 Å². The van der Waals surface area contributed by atoms with Crippen LogP contribution >= 0.6 is 23.2 Å². The third kappa shape index (κ3) is 4.46. The zero-order valence-corrected chi connectivity index (χ0v) is 21.1. The summed E-state index contributed by atoms with van der Waals surface area (Å²) in [6.07, 6.45) is 5.91. The van der Waals surface area contributed by atoms with Gasteiger partial charge in [-0.05, 0) is 48.6 Å². The van der Waals surface area contributed by atoms with Crippen molar-refractivity contribution in [3.63, 3.8) is 0 Å². The minimum absolute atomic E-state index is 0. The first kappa shape index (κ1) is 24.3. The first-order valence-electron chi connectivity index (χ1n) is 10.1. The summed E-state index contributed by atoms with van der Waals surface area (Å²) in [6, 6.07) is 8.60. The minimum atomic E-state index is -1.01. The number of hydrogen-bond donors (Lipinski definition) is 1. The van der Waals surface area contributed by atoms with E-state index >= 15 is 0 Å². The molecule has 0 aliphatic heterocycles. The zero-order valence-electron chi connectivity index (χ0n) is 18.6. The van der Waals surface area contributed by atoms with Gasteiger partial charge in [-0.25, -0.2) is 4.79 Å². The van der Waals surface area contributed by atoms with E-state index in [1.54, 1.807) is 30.3 Å². The molecule has 4 nitrogen and oxygen atoms in total. The molecule has 2 aromatic rings. The number of aromatic carboxylic acids is 1. The van der Waals surface area contributed by atoms with Crippen LogP contribution in [0, 0.1) is 5.41 Å². The molecule has 158 valence electrons. The Hall–Kier alpha value is -1.30. The maximum atomic E-state index is 12.1. The number of benzene rings is 2. The first-order valence-corrected chi connectivity index (χ1v) is 10.8. The van der Waals surface area contributed by atoms with E-state index in [-0.39, 0.29) is 59.4 Å². The van der Waals surface area contributed by atoms with Crippen LogP contribution in [-0.2, 0) is 17.8 Å². The Kier molecular flexibility index (Phi) is 7.60. The molecule has 0 radical (unpaired) electrons. The van der Waals surface area contributed by atoms with E-state index in [0.29, 0.717) is 22.8 Å². The molecule has 1 unspecified atom stereocenters. The molecule has 1 atom stereocenters. The van der Waals surface area contributed by atoms with Gasteiger partial charge in [0.1, 0.15) is 17.4 Å². The summed E-state index contributed by atoms with van der Waals surface area (Å²) in [4.78, 5) is 23.6. The van der Waals surface area contributed by atoms with Crippen molar-refractivity contribution in [1.82, 2.24) is 0 Å². The van der Waals surface area contributed by atoms with Crippen LogP contribution < -0.4 is 34.3 Å². The predicted octanol–water partition coefficient (Wildman–Crippen LogP) is 3.48. The standard InChI is InChI=1S/C24H22Cl2O4.Na.H/c1-2-8-24-9-7-16(27)11-18(24)20-15(12-24)10-19(21(25)22(20)26)30-13-14-5-3-4-6-17(14)23(28)29;;/h3-6,10-11H,2,7-9,12-13H2,1H3,(H,28,29);;/q;+1;-1. The van der Waals surface area contributed by atoms with Gasteiger partial charge in [-0.3, -0.25) is 4.79 Å². The van der Waals surface area contributed by atoms with E-state index in [4.69, 9.17) is 27.9 Å². The van der Waals surface area contributed by atoms with Gasteiger partial charge in [0.2, 0.25) is 0 Å². The Balaban J connectivity index is 0.00000181. The van der Waals surface area contributed by atoms with Crippen molar-refractivity contribution >= 4 is 40.5 Å². The first-order chi connectivity index (χ1) is 14.4. The second-order valence-corrected chi connectivity index (χ2v) is 8.78. The van der Waals surface area contributed by atoms with Crippen LogP contribution in [0.4, 0.5) is 0 Å². The molecule has 1 N–H and O–H groups in total. The molecule has 0 aromatic heterocycles. The summed E-state index contributed by atoms with van der Waals surface area (Å²) < 4.78 is 5.92. The van der Waals surface area contributed by atoms with E-state index in [1.807, 2.05) is 6.07 Å². The number of ether oxygens (including phenoxy) is 1. The summed E-state index contributed by atoms with van der Waals surface area (Å²) in [5.41, 5.74) is 3.57. The average Bonchev–Trinajstić information content (AvgIpc) is 3.03. The van der Waals surface area contributed by atoms with Crippen LogP contribution in [0.25, 0.3) is 5.57 Å². The van der Waals surface area contributed by atoms with Gasteiger partial charge >= 0.3 is 35.5 Å². The fraction of sp³-hybridized carbons (Fsp3) is 0.333. The molecule has 2 aliphatic carbocycles. The smallest absolute Gasteiger partial charge is 1.00 e. The fourth-order valence-electron chi connectivity index (χ4n) is 4.79. The molecular formula is C24H23Cl2NaO4. The van der Waals surface area contributed by atoms with Gasteiger partial charge in [-0.15, -0.1) is 0 Å². The number of allylic oxidation sites excluding steroid dienone is 2. The van der Waals surface area contributed by atoms with Crippen molar-refractivity contribution in [1.29, 1.82) is 0 Å². The molecule has 0 amide bonds. The summed E-state index contributed by atoms with van der Waals surface area (Å²) in [7, 11) is 0. The molecule has 4 rings (SSSR count). The number of fused-ring (bicyclic) bond motifs is 3. The van der Waals surface area contributed by atoms with Crippen LogP contribution in [-0.4, -0.2) is 16.9 Å². The van der Waals surface area contributed by atoms with Gasteiger partial charge in [-0.2, -0.15) is 0 Å². The largest absolute Gasteiger partial charge is 1.00 e. The molecular weight excluding hydrogens is 446 g/mol. The molecule has 0 fully saturated rings. The molecule has 2 aromatic carbocycles. The monoisotopic (exact) mass is 468 g/mol. The SMILES string of the molecule is CCCC12CCC(=O)C=C1c1c(cc(OCc3ccccc3C(=O)O)c(Cl)c1Cl)C2.[H-].[Na+]. The summed E-state index contributed by atoms with van der Waals surface area (Å²) in [6.45, 7) is 2.22. The van der Waals surface area contributed by atoms with Crippen LogP contribution in [0.2, 0.25) is 10.0 Å². The van der Waals surface area contributed by atoms with Gasteiger partial charge in [0.05, 0.1) is 10.6 Å². The summed E-state index contributed by atoms with van der Waals surface area (Å²) in [5, 5.41) is 10.1. The van der Waals surface area contributed by atoms with E-state index < -0.39 is 5.97 Å². The second-order valence-electron chi connectivity index (χ2n) is 8.02. The Labute approximate surface area is 215 Å². The van der Waals surface area contributed by atoms with Crippen LogP contribution in [0.1, 0.15) is 61.1 Å². The third-order valence-electron chi connectivity index (χ3n) is 6.14. The Morgan fingerprint density at radius 2 is 2.00 bits per heavy atom. The van der Waals surface area contributed by atoms with Crippen LogP contribution in [0.5, 0.6) is 5.75 Å². The molecule has 0 spiro atoms. The normalized spacial score (nSPS) is 19.2. The zero-order chi connectivity index (χ0) is 21.5. The number of carbonyl (C=O) groups is 2. The molecule has 0 bridgehead atoms. The fourth-order valence-corrected chi connectivity index (χ4v) is 5.31. The molecule has 0 saturated heterocycles. The molecule has 0 saturated carbocycles. The number of hydrogen-bond acceptors (Lipinski definition) is 3. The van der Waals surface area contributed by atoms with Crippen LogP contribution in [0.15, 0.2) is 36.4 Å². The Morgan fingerprint density at radius 1 is 1.26 bits per heavy atom. The average molecular weight is 469 g/mol. The van der Waals surface area contributed by atoms with Crippen molar-refractivity contribution < 1.29 is 50.4 Å². The molecule has 2 aliphatic rings. The van der Waals surface area contributed by atoms with Gasteiger partial charge < -0.3 is 11.3 Å². The van der Waals surface area contributed by atoms with Gasteiger partial charge in [0.15, 0.2) is 5.78 Å².